The molecule has 0 amide bonds. The van der Waals surface area contributed by atoms with E-state index in [1.807, 2.05) is 36.4 Å². The van der Waals surface area contributed by atoms with Crippen molar-refractivity contribution in [1.29, 1.82) is 0 Å². The average molecular weight is 353 g/mol. The van der Waals surface area contributed by atoms with E-state index in [0.29, 0.717) is 5.39 Å². The molecule has 0 unspecified atom stereocenters. The molecule has 0 radical (unpaired) electrons. The summed E-state index contributed by atoms with van der Waals surface area (Å²) in [6, 6.07) is 11.5. The molecule has 0 aliphatic heterocycles. The van der Waals surface area contributed by atoms with Gasteiger partial charge >= 0.3 is 0 Å². The number of hydrogen-bond acceptors (Lipinski definition) is 1. The van der Waals surface area contributed by atoms with Gasteiger partial charge in [0.1, 0.15) is 0 Å². The summed E-state index contributed by atoms with van der Waals surface area (Å²) < 4.78 is 1.97. The minimum Gasteiger partial charge on any atom is -0.321 e. The van der Waals surface area contributed by atoms with Crippen LogP contribution in [0.3, 0.4) is 0 Å². The number of pyridine rings is 1. The zero-order valence-electron chi connectivity index (χ0n) is 8.63. The number of H-pyrrole nitrogens is 1. The summed E-state index contributed by atoms with van der Waals surface area (Å²) in [6.45, 7) is 0. The summed E-state index contributed by atoms with van der Waals surface area (Å²) in [7, 11) is 0. The van der Waals surface area contributed by atoms with Crippen molar-refractivity contribution < 1.29 is 0 Å². The lowest BCUT2D eigenvalue weighted by molar-refractivity contribution is 1.34. The summed E-state index contributed by atoms with van der Waals surface area (Å²) in [5.41, 5.74) is 0.797. The van der Waals surface area contributed by atoms with Crippen molar-refractivity contribution in [3.8, 4) is 0 Å². The van der Waals surface area contributed by atoms with Crippen LogP contribution in [-0.2, 0) is 0 Å². The number of hydrogen-bond donors (Lipinski definition) is 1. The fourth-order valence-electron chi connectivity index (χ4n) is 1.98. The number of aromatic nitrogens is 1. The van der Waals surface area contributed by atoms with E-state index in [1.54, 1.807) is 0 Å². The van der Waals surface area contributed by atoms with Gasteiger partial charge in [0.15, 0.2) is 0 Å². The third kappa shape index (κ3) is 1.81. The first-order valence-electron chi connectivity index (χ1n) is 5.06. The van der Waals surface area contributed by atoms with Crippen LogP contribution < -0.4 is 5.56 Å². The van der Waals surface area contributed by atoms with E-state index in [2.05, 4.69) is 36.8 Å². The molecule has 0 aliphatic rings. The topological polar surface area (TPSA) is 32.9 Å². The molecule has 1 N–H and O–H groups in total. The Balaban J connectivity index is 2.64. The van der Waals surface area contributed by atoms with E-state index in [0.717, 1.165) is 25.2 Å². The minimum atomic E-state index is -0.0534. The summed E-state index contributed by atoms with van der Waals surface area (Å²) >= 11 is 6.89. The molecule has 2 nitrogen and oxygen atoms in total. The van der Waals surface area contributed by atoms with Crippen LogP contribution >= 0.6 is 31.9 Å². The molecule has 0 spiro atoms. The molecular weight excluding hydrogens is 346 g/mol. The summed E-state index contributed by atoms with van der Waals surface area (Å²) in [4.78, 5) is 14.8. The SMILES string of the molecule is O=c1[nH]c2ccc(Br)cc2c2cc(Br)ccc12. The van der Waals surface area contributed by atoms with Crippen molar-refractivity contribution in [2.45, 2.75) is 0 Å². The highest BCUT2D eigenvalue weighted by molar-refractivity contribution is 9.10. The average Bonchev–Trinajstić information content (AvgIpc) is 2.30. The molecule has 84 valence electrons. The molecule has 0 fully saturated rings. The Labute approximate surface area is 114 Å². The summed E-state index contributed by atoms with van der Waals surface area (Å²) in [5.74, 6) is 0. The van der Waals surface area contributed by atoms with Crippen LogP contribution in [0.2, 0.25) is 0 Å². The molecule has 1 aromatic heterocycles. The zero-order chi connectivity index (χ0) is 12.0. The number of halogens is 2. The Morgan fingerprint density at radius 2 is 1.47 bits per heavy atom. The number of aromatic amines is 1. The Morgan fingerprint density at radius 3 is 2.24 bits per heavy atom. The van der Waals surface area contributed by atoms with Gasteiger partial charge in [-0.25, -0.2) is 0 Å². The Bertz CT molecular complexity index is 792. The van der Waals surface area contributed by atoms with E-state index in [4.69, 9.17) is 0 Å². The van der Waals surface area contributed by atoms with Gasteiger partial charge in [0.25, 0.3) is 5.56 Å². The van der Waals surface area contributed by atoms with Crippen LogP contribution in [0, 0.1) is 0 Å². The third-order valence-electron chi connectivity index (χ3n) is 2.75. The van der Waals surface area contributed by atoms with Crippen LogP contribution in [-0.4, -0.2) is 4.98 Å². The standard InChI is InChI=1S/C13H7Br2NO/c14-7-1-3-9-10(5-7)11-6-8(15)2-4-12(11)16-13(9)17/h1-6H,(H,16,17). The van der Waals surface area contributed by atoms with Gasteiger partial charge in [0.05, 0.1) is 0 Å². The molecule has 2 aromatic carbocycles. The molecule has 0 aliphatic carbocycles. The van der Waals surface area contributed by atoms with Crippen molar-refractivity contribution in [2.24, 2.45) is 0 Å². The molecular formula is C13H7Br2NO. The normalized spacial score (nSPS) is 11.2. The number of rotatable bonds is 0. The van der Waals surface area contributed by atoms with Gasteiger partial charge in [-0.05, 0) is 41.8 Å². The highest BCUT2D eigenvalue weighted by Crippen LogP contribution is 2.26. The van der Waals surface area contributed by atoms with Crippen molar-refractivity contribution in [1.82, 2.24) is 4.98 Å². The van der Waals surface area contributed by atoms with Gasteiger partial charge in [-0.1, -0.05) is 31.9 Å². The van der Waals surface area contributed by atoms with Gasteiger partial charge in [0.2, 0.25) is 0 Å². The van der Waals surface area contributed by atoms with E-state index < -0.39 is 0 Å². The van der Waals surface area contributed by atoms with Crippen molar-refractivity contribution >= 4 is 53.5 Å². The number of benzene rings is 2. The van der Waals surface area contributed by atoms with Crippen LogP contribution in [0.4, 0.5) is 0 Å². The first-order chi connectivity index (χ1) is 8.15. The van der Waals surface area contributed by atoms with Crippen LogP contribution in [0.15, 0.2) is 50.1 Å². The predicted octanol–water partition coefficient (Wildman–Crippen LogP) is 4.21. The largest absolute Gasteiger partial charge is 0.321 e. The van der Waals surface area contributed by atoms with Gasteiger partial charge in [-0.2, -0.15) is 0 Å². The van der Waals surface area contributed by atoms with Gasteiger partial charge < -0.3 is 4.98 Å². The second-order valence-electron chi connectivity index (χ2n) is 3.83. The maximum absolute atomic E-state index is 11.9. The van der Waals surface area contributed by atoms with E-state index >= 15 is 0 Å². The summed E-state index contributed by atoms with van der Waals surface area (Å²) in [6.07, 6.45) is 0. The minimum absolute atomic E-state index is 0.0534. The molecule has 0 bridgehead atoms. The molecule has 0 saturated heterocycles. The van der Waals surface area contributed by atoms with Crippen molar-refractivity contribution in [3.05, 3.63) is 55.7 Å². The predicted molar refractivity (Wildman–Crippen MR) is 77.5 cm³/mol. The van der Waals surface area contributed by atoms with Gasteiger partial charge in [0, 0.05) is 25.2 Å². The number of nitrogens with one attached hydrogen (secondary N) is 1. The fourth-order valence-corrected chi connectivity index (χ4v) is 2.70. The van der Waals surface area contributed by atoms with Gasteiger partial charge in [-0.15, -0.1) is 0 Å². The Hall–Kier alpha value is -1.13. The second kappa shape index (κ2) is 3.96. The molecule has 0 atom stereocenters. The van der Waals surface area contributed by atoms with Gasteiger partial charge in [-0.3, -0.25) is 4.79 Å². The van der Waals surface area contributed by atoms with E-state index in [1.165, 1.54) is 0 Å². The highest BCUT2D eigenvalue weighted by atomic mass is 79.9. The van der Waals surface area contributed by atoms with Crippen LogP contribution in [0.5, 0.6) is 0 Å². The summed E-state index contributed by atoms with van der Waals surface area (Å²) in [5, 5.41) is 2.70. The van der Waals surface area contributed by atoms with Crippen molar-refractivity contribution in [2.75, 3.05) is 0 Å². The quantitative estimate of drug-likeness (QED) is 0.604. The van der Waals surface area contributed by atoms with Crippen molar-refractivity contribution in [3.63, 3.8) is 0 Å². The van der Waals surface area contributed by atoms with E-state index in [9.17, 15) is 4.79 Å². The molecule has 1 heterocycles. The maximum atomic E-state index is 11.9. The third-order valence-corrected chi connectivity index (χ3v) is 3.73. The monoisotopic (exact) mass is 351 g/mol. The molecule has 17 heavy (non-hydrogen) atoms. The smallest absolute Gasteiger partial charge is 0.256 e. The molecule has 3 rings (SSSR count). The van der Waals surface area contributed by atoms with Crippen LogP contribution in [0.25, 0.3) is 21.7 Å². The molecule has 4 heteroatoms. The second-order valence-corrected chi connectivity index (χ2v) is 5.67. The fraction of sp³-hybridized carbons (Fsp3) is 0. The van der Waals surface area contributed by atoms with E-state index in [-0.39, 0.29) is 5.56 Å². The Kier molecular flexibility index (Phi) is 2.56. The lowest BCUT2D eigenvalue weighted by Crippen LogP contribution is -2.06. The van der Waals surface area contributed by atoms with Crippen LogP contribution in [0.1, 0.15) is 0 Å². The highest BCUT2D eigenvalue weighted by Gasteiger charge is 2.05. The Morgan fingerprint density at radius 1 is 0.824 bits per heavy atom. The molecule has 0 saturated carbocycles. The first-order valence-corrected chi connectivity index (χ1v) is 6.64. The number of fused-ring (bicyclic) bond motifs is 3. The lowest BCUT2D eigenvalue weighted by Gasteiger charge is -2.04. The lowest BCUT2D eigenvalue weighted by atomic mass is 10.1. The zero-order valence-corrected chi connectivity index (χ0v) is 11.8. The molecule has 3 aromatic rings. The maximum Gasteiger partial charge on any atom is 0.256 e. The first kappa shape index (κ1) is 11.0.